The molecule has 3 rings (SSSR count). The van der Waals surface area contributed by atoms with Gasteiger partial charge in [-0.15, -0.1) is 0 Å². The molecule has 0 bridgehead atoms. The molecule has 0 fully saturated rings. The van der Waals surface area contributed by atoms with Crippen molar-refractivity contribution in [2.75, 3.05) is 0 Å². The van der Waals surface area contributed by atoms with Crippen LogP contribution < -0.4 is 5.32 Å². The smallest absolute Gasteiger partial charge is 0.335 e. The third-order valence-electron chi connectivity index (χ3n) is 4.02. The lowest BCUT2D eigenvalue weighted by molar-refractivity contribution is -0.117. The minimum absolute atomic E-state index is 0.101. The number of amides is 1. The summed E-state index contributed by atoms with van der Waals surface area (Å²) in [6, 6.07) is 12.8. The molecule has 0 aliphatic heterocycles. The molecule has 3 aromatic rings. The number of hydrogen-bond donors (Lipinski definition) is 4. The van der Waals surface area contributed by atoms with Crippen molar-refractivity contribution < 1.29 is 19.8 Å². The van der Waals surface area contributed by atoms with Gasteiger partial charge >= 0.3 is 5.97 Å². The second-order valence-corrected chi connectivity index (χ2v) is 5.83. The summed E-state index contributed by atoms with van der Waals surface area (Å²) in [5.41, 5.74) is 2.04. The van der Waals surface area contributed by atoms with Gasteiger partial charge in [-0.2, -0.15) is 5.26 Å². The number of nitrogens with one attached hydrogen (secondary N) is 2. The Kier molecular flexibility index (Phi) is 4.90. The molecular weight excluding hydrogens is 346 g/mol. The van der Waals surface area contributed by atoms with Gasteiger partial charge in [-0.25, -0.2) is 4.79 Å². The molecule has 134 valence electrons. The van der Waals surface area contributed by atoms with Crippen LogP contribution in [0.4, 0.5) is 0 Å². The van der Waals surface area contributed by atoms with Gasteiger partial charge in [-0.3, -0.25) is 4.79 Å². The van der Waals surface area contributed by atoms with Crippen LogP contribution in [-0.4, -0.2) is 27.1 Å². The Bertz CT molecular complexity index is 1090. The molecule has 0 radical (unpaired) electrons. The molecule has 2 aromatic carbocycles. The van der Waals surface area contributed by atoms with Crippen LogP contribution in [0.5, 0.6) is 5.75 Å². The summed E-state index contributed by atoms with van der Waals surface area (Å²) in [6.07, 6.45) is 3.03. The molecule has 0 aliphatic carbocycles. The summed E-state index contributed by atoms with van der Waals surface area (Å²) >= 11 is 0. The number of phenolic OH excluding ortho intramolecular Hbond substituents is 1. The molecular formula is C20H15N3O4. The summed E-state index contributed by atoms with van der Waals surface area (Å²) in [5.74, 6) is -1.47. The van der Waals surface area contributed by atoms with E-state index in [1.165, 1.54) is 30.3 Å². The van der Waals surface area contributed by atoms with E-state index in [2.05, 4.69) is 10.3 Å². The highest BCUT2D eigenvalue weighted by Gasteiger charge is 2.12. The van der Waals surface area contributed by atoms with Crippen molar-refractivity contribution in [1.29, 1.82) is 5.26 Å². The third kappa shape index (κ3) is 3.96. The van der Waals surface area contributed by atoms with Crippen molar-refractivity contribution in [3.63, 3.8) is 0 Å². The standard InChI is InChI=1S/C20H15N3O4/c21-9-14(19(25)23-10-12-1-4-16(24)5-2-12)7-15-11-22-18-6-3-13(20(26)27)8-17(15)18/h1-8,11,22,24H,10H2,(H,23,25)(H,26,27). The van der Waals surface area contributed by atoms with Gasteiger partial charge in [0.25, 0.3) is 5.91 Å². The van der Waals surface area contributed by atoms with Crippen LogP contribution in [0.25, 0.3) is 17.0 Å². The van der Waals surface area contributed by atoms with Gasteiger partial charge in [0.1, 0.15) is 17.4 Å². The van der Waals surface area contributed by atoms with Gasteiger partial charge in [0, 0.05) is 29.2 Å². The maximum Gasteiger partial charge on any atom is 0.335 e. The molecule has 0 spiro atoms. The summed E-state index contributed by atoms with van der Waals surface area (Å²) in [7, 11) is 0. The first-order valence-corrected chi connectivity index (χ1v) is 8.00. The average Bonchev–Trinajstić information content (AvgIpc) is 3.07. The van der Waals surface area contributed by atoms with Crippen LogP contribution in [0.1, 0.15) is 21.5 Å². The zero-order valence-corrected chi connectivity index (χ0v) is 14.1. The summed E-state index contributed by atoms with van der Waals surface area (Å²) in [4.78, 5) is 26.4. The number of aromatic hydroxyl groups is 1. The largest absolute Gasteiger partial charge is 0.508 e. The maximum absolute atomic E-state index is 12.3. The van der Waals surface area contributed by atoms with Crippen molar-refractivity contribution >= 4 is 28.9 Å². The molecule has 7 nitrogen and oxygen atoms in total. The Morgan fingerprint density at radius 2 is 1.93 bits per heavy atom. The Morgan fingerprint density at radius 1 is 1.19 bits per heavy atom. The highest BCUT2D eigenvalue weighted by Crippen LogP contribution is 2.22. The lowest BCUT2D eigenvalue weighted by Crippen LogP contribution is -2.23. The number of fused-ring (bicyclic) bond motifs is 1. The molecule has 0 unspecified atom stereocenters. The summed E-state index contributed by atoms with van der Waals surface area (Å²) in [5, 5.41) is 31.0. The number of aromatic nitrogens is 1. The van der Waals surface area contributed by atoms with E-state index in [1.54, 1.807) is 24.4 Å². The number of benzene rings is 2. The molecule has 27 heavy (non-hydrogen) atoms. The van der Waals surface area contributed by atoms with E-state index in [0.717, 1.165) is 5.56 Å². The van der Waals surface area contributed by atoms with Gasteiger partial charge in [0.05, 0.1) is 5.56 Å². The van der Waals surface area contributed by atoms with Crippen LogP contribution in [0.15, 0.2) is 54.2 Å². The number of rotatable bonds is 5. The quantitative estimate of drug-likeness (QED) is 0.411. The molecule has 0 atom stereocenters. The van der Waals surface area contributed by atoms with Crippen molar-refractivity contribution in [3.05, 3.63) is 70.9 Å². The lowest BCUT2D eigenvalue weighted by Gasteiger charge is -2.05. The SMILES string of the molecule is N#CC(=Cc1c[nH]c2ccc(C(=O)O)cc12)C(=O)NCc1ccc(O)cc1. The molecule has 1 heterocycles. The Hall–Kier alpha value is -4.05. The second-order valence-electron chi connectivity index (χ2n) is 5.83. The van der Waals surface area contributed by atoms with Crippen LogP contribution in [0, 0.1) is 11.3 Å². The van der Waals surface area contributed by atoms with E-state index < -0.39 is 11.9 Å². The Morgan fingerprint density at radius 3 is 2.59 bits per heavy atom. The normalized spacial score (nSPS) is 11.1. The minimum Gasteiger partial charge on any atom is -0.508 e. The number of aromatic carboxylic acids is 1. The fourth-order valence-electron chi connectivity index (χ4n) is 2.59. The van der Waals surface area contributed by atoms with Crippen LogP contribution in [0.3, 0.4) is 0 Å². The fraction of sp³-hybridized carbons (Fsp3) is 0.0500. The number of aromatic amines is 1. The monoisotopic (exact) mass is 361 g/mol. The van der Waals surface area contributed by atoms with Crippen molar-refractivity contribution in [3.8, 4) is 11.8 Å². The topological polar surface area (TPSA) is 126 Å². The fourth-order valence-corrected chi connectivity index (χ4v) is 2.59. The van der Waals surface area contributed by atoms with Gasteiger partial charge in [0.2, 0.25) is 0 Å². The molecule has 0 saturated heterocycles. The zero-order chi connectivity index (χ0) is 19.4. The van der Waals surface area contributed by atoms with Gasteiger partial charge in [-0.1, -0.05) is 12.1 Å². The van der Waals surface area contributed by atoms with Gasteiger partial charge in [0.15, 0.2) is 0 Å². The number of hydrogen-bond acceptors (Lipinski definition) is 4. The number of carbonyl (C=O) groups is 2. The number of nitrogens with zero attached hydrogens (tertiary/aromatic N) is 1. The zero-order valence-electron chi connectivity index (χ0n) is 14.1. The predicted octanol–water partition coefficient (Wildman–Crippen LogP) is 2.80. The highest BCUT2D eigenvalue weighted by molar-refractivity contribution is 6.04. The number of carbonyl (C=O) groups excluding carboxylic acids is 1. The van der Waals surface area contributed by atoms with E-state index in [0.29, 0.717) is 16.5 Å². The summed E-state index contributed by atoms with van der Waals surface area (Å²) in [6.45, 7) is 0.204. The summed E-state index contributed by atoms with van der Waals surface area (Å²) < 4.78 is 0. The minimum atomic E-state index is -1.06. The Balaban J connectivity index is 1.83. The average molecular weight is 361 g/mol. The molecule has 1 aromatic heterocycles. The Labute approximate surface area is 154 Å². The van der Waals surface area contributed by atoms with Gasteiger partial charge < -0.3 is 20.5 Å². The molecule has 0 aliphatic rings. The number of nitriles is 1. The van der Waals surface area contributed by atoms with Crippen LogP contribution >= 0.6 is 0 Å². The molecule has 7 heteroatoms. The van der Waals surface area contributed by atoms with E-state index in [9.17, 15) is 20.0 Å². The van der Waals surface area contributed by atoms with Crippen molar-refractivity contribution in [2.24, 2.45) is 0 Å². The number of carboxylic acids is 1. The lowest BCUT2D eigenvalue weighted by atomic mass is 10.1. The van der Waals surface area contributed by atoms with E-state index in [-0.39, 0.29) is 23.4 Å². The number of carboxylic acid groups (broad SMARTS) is 1. The molecule has 4 N–H and O–H groups in total. The second kappa shape index (κ2) is 7.45. The van der Waals surface area contributed by atoms with Crippen molar-refractivity contribution in [1.82, 2.24) is 10.3 Å². The number of H-pyrrole nitrogens is 1. The first kappa shape index (κ1) is 17.8. The van der Waals surface area contributed by atoms with E-state index in [4.69, 9.17) is 5.11 Å². The first-order chi connectivity index (χ1) is 13.0. The van der Waals surface area contributed by atoms with E-state index >= 15 is 0 Å². The molecule has 0 saturated carbocycles. The maximum atomic E-state index is 12.3. The predicted molar refractivity (Wildman–Crippen MR) is 98.8 cm³/mol. The van der Waals surface area contributed by atoms with Crippen molar-refractivity contribution in [2.45, 2.75) is 6.54 Å². The van der Waals surface area contributed by atoms with Crippen LogP contribution in [0.2, 0.25) is 0 Å². The molecule has 1 amide bonds. The van der Waals surface area contributed by atoms with Crippen LogP contribution in [-0.2, 0) is 11.3 Å². The first-order valence-electron chi connectivity index (χ1n) is 8.00. The third-order valence-corrected chi connectivity index (χ3v) is 4.02. The highest BCUT2D eigenvalue weighted by atomic mass is 16.4. The van der Waals surface area contributed by atoms with Gasteiger partial charge in [-0.05, 0) is 42.0 Å². The number of phenols is 1. The van der Waals surface area contributed by atoms with E-state index in [1.807, 2.05) is 6.07 Å².